The van der Waals surface area contributed by atoms with E-state index in [4.69, 9.17) is 17.3 Å². The highest BCUT2D eigenvalue weighted by molar-refractivity contribution is 6.32. The van der Waals surface area contributed by atoms with Gasteiger partial charge in [0.1, 0.15) is 0 Å². The lowest BCUT2D eigenvalue weighted by Crippen LogP contribution is -2.02. The van der Waals surface area contributed by atoms with Crippen molar-refractivity contribution in [3.8, 4) is 0 Å². The average Bonchev–Trinajstić information content (AvgIpc) is 2.66. The zero-order chi connectivity index (χ0) is 10.8. The molecule has 1 aromatic carbocycles. The lowest BCUT2D eigenvalue weighted by Gasteiger charge is -2.09. The molecule has 0 aliphatic rings. The number of rotatable bonds is 3. The van der Waals surface area contributed by atoms with Gasteiger partial charge in [0.05, 0.1) is 0 Å². The number of hydrogen-bond donors (Lipinski definition) is 2. The second kappa shape index (κ2) is 4.25. The second-order valence-corrected chi connectivity index (χ2v) is 4.20. The Bertz CT molecular complexity index is 474. The van der Waals surface area contributed by atoms with Gasteiger partial charge in [-0.25, -0.2) is 0 Å². The number of nitrogens with one attached hydrogen (secondary N) is 1. The standard InChI is InChI=1S/C12H15ClN2/c1-8-10(3-2-5-14)12-9(4-6-15-12)7-11(8)13/h4,6-7,15H,2-3,5,14H2,1H3. The van der Waals surface area contributed by atoms with E-state index in [1.54, 1.807) is 0 Å². The third-order valence-corrected chi connectivity index (χ3v) is 3.20. The summed E-state index contributed by atoms with van der Waals surface area (Å²) in [7, 11) is 0. The Balaban J connectivity index is 2.56. The molecule has 3 heteroatoms. The maximum Gasteiger partial charge on any atom is 0.0490 e. The lowest BCUT2D eigenvalue weighted by atomic mass is 10.0. The topological polar surface area (TPSA) is 41.8 Å². The van der Waals surface area contributed by atoms with Crippen molar-refractivity contribution < 1.29 is 0 Å². The largest absolute Gasteiger partial charge is 0.361 e. The summed E-state index contributed by atoms with van der Waals surface area (Å²) in [6.07, 6.45) is 3.93. The van der Waals surface area contributed by atoms with E-state index < -0.39 is 0 Å². The third kappa shape index (κ3) is 1.87. The smallest absolute Gasteiger partial charge is 0.0490 e. The molecule has 0 aliphatic carbocycles. The van der Waals surface area contributed by atoms with Crippen LogP contribution in [0.5, 0.6) is 0 Å². The number of fused-ring (bicyclic) bond motifs is 1. The number of H-pyrrole nitrogens is 1. The number of hydrogen-bond acceptors (Lipinski definition) is 1. The monoisotopic (exact) mass is 222 g/mol. The molecule has 2 rings (SSSR count). The van der Waals surface area contributed by atoms with Crippen LogP contribution >= 0.6 is 11.6 Å². The van der Waals surface area contributed by atoms with E-state index in [-0.39, 0.29) is 0 Å². The summed E-state index contributed by atoms with van der Waals surface area (Å²) in [5.74, 6) is 0. The van der Waals surface area contributed by atoms with Crippen molar-refractivity contribution in [1.82, 2.24) is 4.98 Å². The number of nitrogens with two attached hydrogens (primary N) is 1. The Morgan fingerprint density at radius 3 is 3.00 bits per heavy atom. The molecule has 0 unspecified atom stereocenters. The minimum Gasteiger partial charge on any atom is -0.361 e. The predicted octanol–water partition coefficient (Wildman–Crippen LogP) is 3.02. The molecule has 0 saturated heterocycles. The second-order valence-electron chi connectivity index (χ2n) is 3.80. The Morgan fingerprint density at radius 1 is 1.47 bits per heavy atom. The van der Waals surface area contributed by atoms with Crippen molar-refractivity contribution >= 4 is 22.5 Å². The van der Waals surface area contributed by atoms with Gasteiger partial charge in [0.25, 0.3) is 0 Å². The normalized spacial score (nSPS) is 11.1. The summed E-state index contributed by atoms with van der Waals surface area (Å²) in [6, 6.07) is 4.06. The first-order valence-corrected chi connectivity index (χ1v) is 5.57. The quantitative estimate of drug-likeness (QED) is 0.824. The van der Waals surface area contributed by atoms with Crippen molar-refractivity contribution in [2.45, 2.75) is 19.8 Å². The van der Waals surface area contributed by atoms with Gasteiger partial charge in [-0.3, -0.25) is 0 Å². The van der Waals surface area contributed by atoms with Crippen molar-refractivity contribution in [3.63, 3.8) is 0 Å². The molecule has 0 amide bonds. The average molecular weight is 223 g/mol. The van der Waals surface area contributed by atoms with E-state index in [9.17, 15) is 0 Å². The van der Waals surface area contributed by atoms with Gasteiger partial charge in [-0.05, 0) is 49.6 Å². The minimum absolute atomic E-state index is 0.716. The SMILES string of the molecule is Cc1c(Cl)cc2cc[nH]c2c1CCCN. The van der Waals surface area contributed by atoms with E-state index >= 15 is 0 Å². The lowest BCUT2D eigenvalue weighted by molar-refractivity contribution is 0.831. The van der Waals surface area contributed by atoms with Gasteiger partial charge in [-0.1, -0.05) is 11.6 Å². The molecule has 80 valence electrons. The summed E-state index contributed by atoms with van der Waals surface area (Å²) < 4.78 is 0. The van der Waals surface area contributed by atoms with Crippen LogP contribution in [0.3, 0.4) is 0 Å². The van der Waals surface area contributed by atoms with Crippen LogP contribution < -0.4 is 5.73 Å². The Labute approximate surface area is 94.4 Å². The highest BCUT2D eigenvalue weighted by atomic mass is 35.5. The van der Waals surface area contributed by atoms with Crippen LogP contribution in [0, 0.1) is 6.92 Å². The Morgan fingerprint density at radius 2 is 2.27 bits per heavy atom. The number of aromatic amines is 1. The zero-order valence-electron chi connectivity index (χ0n) is 8.81. The van der Waals surface area contributed by atoms with Gasteiger partial charge in [0.15, 0.2) is 0 Å². The van der Waals surface area contributed by atoms with Gasteiger partial charge in [0, 0.05) is 22.1 Å². The van der Waals surface area contributed by atoms with Gasteiger partial charge in [-0.15, -0.1) is 0 Å². The maximum absolute atomic E-state index is 6.18. The molecule has 0 radical (unpaired) electrons. The number of halogens is 1. The highest BCUT2D eigenvalue weighted by Gasteiger charge is 2.09. The summed E-state index contributed by atoms with van der Waals surface area (Å²) in [5.41, 5.74) is 9.21. The fourth-order valence-electron chi connectivity index (χ4n) is 1.93. The molecule has 0 fully saturated rings. The summed E-state index contributed by atoms with van der Waals surface area (Å²) in [5, 5.41) is 2.02. The van der Waals surface area contributed by atoms with E-state index in [0.717, 1.165) is 17.9 Å². The van der Waals surface area contributed by atoms with Crippen LogP contribution in [0.15, 0.2) is 18.3 Å². The molecule has 3 N–H and O–H groups in total. The molecule has 0 atom stereocenters. The first kappa shape index (κ1) is 10.5. The summed E-state index contributed by atoms with van der Waals surface area (Å²) >= 11 is 6.18. The maximum atomic E-state index is 6.18. The molecular weight excluding hydrogens is 208 g/mol. The first-order valence-electron chi connectivity index (χ1n) is 5.19. The molecule has 0 bridgehead atoms. The van der Waals surface area contributed by atoms with Gasteiger partial charge < -0.3 is 10.7 Å². The zero-order valence-corrected chi connectivity index (χ0v) is 9.56. The van der Waals surface area contributed by atoms with Crippen LogP contribution in [-0.4, -0.2) is 11.5 Å². The molecule has 1 heterocycles. The molecule has 0 saturated carbocycles. The number of aromatic nitrogens is 1. The predicted molar refractivity (Wildman–Crippen MR) is 65.4 cm³/mol. The van der Waals surface area contributed by atoms with Gasteiger partial charge >= 0.3 is 0 Å². The summed E-state index contributed by atoms with van der Waals surface area (Å²) in [4.78, 5) is 3.27. The molecule has 0 aliphatic heterocycles. The fraction of sp³-hybridized carbons (Fsp3) is 0.333. The highest BCUT2D eigenvalue weighted by Crippen LogP contribution is 2.28. The third-order valence-electron chi connectivity index (χ3n) is 2.81. The molecule has 15 heavy (non-hydrogen) atoms. The Kier molecular flexibility index (Phi) is 2.98. The van der Waals surface area contributed by atoms with E-state index in [0.29, 0.717) is 6.54 Å². The van der Waals surface area contributed by atoms with Crippen LogP contribution in [0.1, 0.15) is 17.5 Å². The first-order chi connectivity index (χ1) is 7.24. The molecule has 1 aromatic heterocycles. The van der Waals surface area contributed by atoms with Crippen molar-refractivity contribution in [2.75, 3.05) is 6.54 Å². The molecule has 0 spiro atoms. The van der Waals surface area contributed by atoms with E-state index in [1.165, 1.54) is 22.0 Å². The van der Waals surface area contributed by atoms with E-state index in [2.05, 4.69) is 11.9 Å². The van der Waals surface area contributed by atoms with Crippen LogP contribution in [-0.2, 0) is 6.42 Å². The summed E-state index contributed by atoms with van der Waals surface area (Å²) in [6.45, 7) is 2.78. The number of benzene rings is 1. The molecule has 2 nitrogen and oxygen atoms in total. The molecular formula is C12H15ClN2. The number of aryl methyl sites for hydroxylation is 1. The minimum atomic E-state index is 0.716. The molecule has 2 aromatic rings. The Hall–Kier alpha value is -0.990. The van der Waals surface area contributed by atoms with Crippen LogP contribution in [0.4, 0.5) is 0 Å². The van der Waals surface area contributed by atoms with Crippen molar-refractivity contribution in [1.29, 1.82) is 0 Å². The van der Waals surface area contributed by atoms with Crippen LogP contribution in [0.25, 0.3) is 10.9 Å². The van der Waals surface area contributed by atoms with Gasteiger partial charge in [0.2, 0.25) is 0 Å². The van der Waals surface area contributed by atoms with Gasteiger partial charge in [-0.2, -0.15) is 0 Å². The van der Waals surface area contributed by atoms with Crippen molar-refractivity contribution in [3.05, 3.63) is 34.5 Å². The van der Waals surface area contributed by atoms with E-state index in [1.807, 2.05) is 18.3 Å². The van der Waals surface area contributed by atoms with Crippen molar-refractivity contribution in [2.24, 2.45) is 5.73 Å². The van der Waals surface area contributed by atoms with Crippen LogP contribution in [0.2, 0.25) is 5.02 Å². The fourth-order valence-corrected chi connectivity index (χ4v) is 2.16.